The van der Waals surface area contributed by atoms with Gasteiger partial charge in [-0.25, -0.2) is 0 Å². The van der Waals surface area contributed by atoms with E-state index in [1.54, 1.807) is 0 Å². The second kappa shape index (κ2) is 25.7. The number of unbranched alkanes of at least 4 members (excludes halogenated alkanes) is 1. The number of benzene rings is 2. The minimum Gasteiger partial charge on any atom is -0.384 e. The van der Waals surface area contributed by atoms with Gasteiger partial charge in [-0.2, -0.15) is 5.26 Å². The number of anilines is 1. The van der Waals surface area contributed by atoms with Crippen LogP contribution in [0, 0.1) is 11.3 Å². The summed E-state index contributed by atoms with van der Waals surface area (Å²) in [5.41, 5.74) is 9.90. The molecule has 0 fully saturated rings. The number of nitriles is 1. The lowest BCUT2D eigenvalue weighted by Gasteiger charge is -2.16. The summed E-state index contributed by atoms with van der Waals surface area (Å²) >= 11 is 0. The molecular formula is C43H58N4. The fourth-order valence-electron chi connectivity index (χ4n) is 4.84. The molecule has 4 heteroatoms. The van der Waals surface area contributed by atoms with Crippen molar-refractivity contribution < 1.29 is 0 Å². The molecule has 2 N–H and O–H groups in total. The SMILES string of the molecule is C=CCc1c(/C(C=C)=C/C=C\C)ccc(NCCCc2ccccc2)c1C#N.CCCC.CCCc1ccncc1/C=C(\C)CNC. The van der Waals surface area contributed by atoms with E-state index in [0.717, 1.165) is 54.7 Å². The van der Waals surface area contributed by atoms with Crippen molar-refractivity contribution in [2.24, 2.45) is 0 Å². The average Bonchev–Trinajstić information content (AvgIpc) is 3.09. The van der Waals surface area contributed by atoms with E-state index in [9.17, 15) is 5.26 Å². The Hall–Kier alpha value is -4.46. The first-order chi connectivity index (χ1) is 22.9. The number of nitrogens with zero attached hydrogens (tertiary/aromatic N) is 2. The number of rotatable bonds is 16. The first-order valence-electron chi connectivity index (χ1n) is 17.1. The normalized spacial score (nSPS) is 11.1. The van der Waals surface area contributed by atoms with Gasteiger partial charge < -0.3 is 10.6 Å². The van der Waals surface area contributed by atoms with Crippen molar-refractivity contribution in [3.05, 3.63) is 143 Å². The third-order valence-electron chi connectivity index (χ3n) is 7.40. The van der Waals surface area contributed by atoms with Gasteiger partial charge >= 0.3 is 0 Å². The Morgan fingerprint density at radius 2 is 1.72 bits per heavy atom. The summed E-state index contributed by atoms with van der Waals surface area (Å²) in [5.74, 6) is 0. The molecule has 1 aromatic heterocycles. The summed E-state index contributed by atoms with van der Waals surface area (Å²) in [6.07, 6.45) is 23.3. The van der Waals surface area contributed by atoms with Gasteiger partial charge in [-0.05, 0) is 92.1 Å². The first kappa shape index (κ1) is 40.6. The molecular weight excluding hydrogens is 573 g/mol. The van der Waals surface area contributed by atoms with Crippen molar-refractivity contribution in [3.63, 3.8) is 0 Å². The van der Waals surface area contributed by atoms with Gasteiger partial charge in [-0.3, -0.25) is 4.98 Å². The van der Waals surface area contributed by atoms with Crippen LogP contribution < -0.4 is 10.6 Å². The number of allylic oxidation sites excluding steroid dienone is 6. The Morgan fingerprint density at radius 3 is 2.32 bits per heavy atom. The predicted molar refractivity (Wildman–Crippen MR) is 208 cm³/mol. The van der Waals surface area contributed by atoms with Crippen molar-refractivity contribution >= 4 is 17.3 Å². The third-order valence-corrected chi connectivity index (χ3v) is 7.40. The smallest absolute Gasteiger partial charge is 0.102 e. The van der Waals surface area contributed by atoms with Gasteiger partial charge in [0, 0.05) is 25.5 Å². The maximum absolute atomic E-state index is 9.83. The van der Waals surface area contributed by atoms with Crippen molar-refractivity contribution in [1.29, 1.82) is 5.26 Å². The molecule has 0 aliphatic carbocycles. The Bertz CT molecular complexity index is 1450. The van der Waals surface area contributed by atoms with Crippen molar-refractivity contribution in [3.8, 4) is 6.07 Å². The van der Waals surface area contributed by atoms with Crippen LogP contribution >= 0.6 is 0 Å². The summed E-state index contributed by atoms with van der Waals surface area (Å²) in [4.78, 5) is 4.18. The van der Waals surface area contributed by atoms with E-state index in [-0.39, 0.29) is 0 Å². The second-order valence-electron chi connectivity index (χ2n) is 11.3. The molecule has 3 aromatic rings. The van der Waals surface area contributed by atoms with Crippen LogP contribution in [-0.4, -0.2) is 25.1 Å². The molecule has 0 aliphatic heterocycles. The van der Waals surface area contributed by atoms with Crippen molar-refractivity contribution in [2.45, 2.75) is 79.6 Å². The maximum atomic E-state index is 9.83. The van der Waals surface area contributed by atoms with Gasteiger partial charge in [-0.15, -0.1) is 6.58 Å². The molecule has 250 valence electrons. The number of hydrogen-bond acceptors (Lipinski definition) is 4. The van der Waals surface area contributed by atoms with Gasteiger partial charge in [0.25, 0.3) is 0 Å². The molecule has 2 aromatic carbocycles. The molecule has 0 radical (unpaired) electrons. The number of aromatic nitrogens is 1. The predicted octanol–water partition coefficient (Wildman–Crippen LogP) is 10.9. The molecule has 3 rings (SSSR count). The minimum absolute atomic E-state index is 0.638. The standard InChI is InChI=1S/C26H28N2.C13H20N2.C4H10/c1-4-7-16-22(6-3)23-17-18-26(25(20-27)24(23)12-5-2)28-19-11-15-21-13-9-8-10-14-21;1-4-5-12-6-7-15-10-13(12)8-11(2)9-14-3;1-3-4-2/h4-10,13-14,16-18,28H,2-3,11-12,15,19H2,1H3;6-8,10,14H,4-5,9H2,1-3H3;3-4H2,1-2H3/b7-4-,22-16+;11-8+;. The summed E-state index contributed by atoms with van der Waals surface area (Å²) < 4.78 is 0. The van der Waals surface area contributed by atoms with Crippen LogP contribution in [0.5, 0.6) is 0 Å². The molecule has 0 unspecified atom stereocenters. The van der Waals surface area contributed by atoms with Crippen molar-refractivity contribution in [1.82, 2.24) is 10.3 Å². The van der Waals surface area contributed by atoms with Crippen LogP contribution in [0.3, 0.4) is 0 Å². The lowest BCUT2D eigenvalue weighted by molar-refractivity contribution is 0.862. The fourth-order valence-corrected chi connectivity index (χ4v) is 4.84. The number of pyridine rings is 1. The molecule has 0 saturated carbocycles. The van der Waals surface area contributed by atoms with E-state index in [1.165, 1.54) is 41.5 Å². The molecule has 0 spiro atoms. The largest absolute Gasteiger partial charge is 0.384 e. The van der Waals surface area contributed by atoms with Crippen LogP contribution in [0.2, 0.25) is 0 Å². The Morgan fingerprint density at radius 1 is 0.979 bits per heavy atom. The highest BCUT2D eigenvalue weighted by atomic mass is 14.9. The Balaban J connectivity index is 0.000000485. The van der Waals surface area contributed by atoms with E-state index in [1.807, 2.05) is 68.9 Å². The van der Waals surface area contributed by atoms with E-state index in [0.29, 0.717) is 12.0 Å². The van der Waals surface area contributed by atoms with Crippen LogP contribution in [0.15, 0.2) is 110 Å². The lowest BCUT2D eigenvalue weighted by Crippen LogP contribution is -2.08. The zero-order valence-electron chi connectivity index (χ0n) is 29.9. The van der Waals surface area contributed by atoms with Crippen LogP contribution in [-0.2, 0) is 19.3 Å². The monoisotopic (exact) mass is 630 g/mol. The van der Waals surface area contributed by atoms with Crippen LogP contribution in [0.25, 0.3) is 11.6 Å². The highest BCUT2D eigenvalue weighted by molar-refractivity contribution is 5.80. The van der Waals surface area contributed by atoms with Gasteiger partial charge in [0.15, 0.2) is 0 Å². The third kappa shape index (κ3) is 15.6. The Labute approximate surface area is 286 Å². The van der Waals surface area contributed by atoms with Gasteiger partial charge in [0.2, 0.25) is 0 Å². The topological polar surface area (TPSA) is 60.7 Å². The Kier molecular flexibility index (Phi) is 22.2. The molecule has 0 aliphatic rings. The zero-order chi connectivity index (χ0) is 34.7. The first-order valence-corrected chi connectivity index (χ1v) is 17.1. The average molecular weight is 631 g/mol. The van der Waals surface area contributed by atoms with Gasteiger partial charge in [-0.1, -0.05) is 125 Å². The van der Waals surface area contributed by atoms with Crippen molar-refractivity contribution in [2.75, 3.05) is 25.5 Å². The zero-order valence-corrected chi connectivity index (χ0v) is 29.9. The maximum Gasteiger partial charge on any atom is 0.102 e. The highest BCUT2D eigenvalue weighted by Gasteiger charge is 2.14. The molecule has 0 bridgehead atoms. The summed E-state index contributed by atoms with van der Waals surface area (Å²) in [7, 11) is 1.97. The quantitative estimate of drug-likeness (QED) is 0.0939. The summed E-state index contributed by atoms with van der Waals surface area (Å²) in [6, 6.07) is 19.0. The molecule has 0 amide bonds. The summed E-state index contributed by atoms with van der Waals surface area (Å²) in [6.45, 7) is 20.2. The van der Waals surface area contributed by atoms with Crippen LogP contribution in [0.4, 0.5) is 5.69 Å². The van der Waals surface area contributed by atoms with E-state index in [2.05, 4.69) is 105 Å². The number of aryl methyl sites for hydroxylation is 2. The number of hydrogen-bond donors (Lipinski definition) is 2. The molecule has 0 saturated heterocycles. The lowest BCUT2D eigenvalue weighted by atomic mass is 9.92. The number of likely N-dealkylation sites (N-methyl/N-ethyl adjacent to an activating group) is 1. The molecule has 47 heavy (non-hydrogen) atoms. The molecule has 4 nitrogen and oxygen atoms in total. The van der Waals surface area contributed by atoms with E-state index in [4.69, 9.17) is 0 Å². The van der Waals surface area contributed by atoms with Gasteiger partial charge in [0.05, 0.1) is 11.3 Å². The minimum atomic E-state index is 0.638. The second-order valence-corrected chi connectivity index (χ2v) is 11.3. The fraction of sp³-hybridized carbons (Fsp3) is 0.349. The van der Waals surface area contributed by atoms with E-state index >= 15 is 0 Å². The van der Waals surface area contributed by atoms with Crippen LogP contribution in [0.1, 0.15) is 93.7 Å². The molecule has 1 heterocycles. The number of nitrogens with one attached hydrogen (secondary N) is 2. The van der Waals surface area contributed by atoms with E-state index < -0.39 is 0 Å². The van der Waals surface area contributed by atoms with Gasteiger partial charge in [0.1, 0.15) is 6.07 Å². The molecule has 0 atom stereocenters. The highest BCUT2D eigenvalue weighted by Crippen LogP contribution is 2.29. The summed E-state index contributed by atoms with van der Waals surface area (Å²) in [5, 5.41) is 16.4.